The van der Waals surface area contributed by atoms with E-state index >= 15 is 0 Å². The van der Waals surface area contributed by atoms with Crippen molar-refractivity contribution in [3.63, 3.8) is 0 Å². The summed E-state index contributed by atoms with van der Waals surface area (Å²) in [6.45, 7) is 4.76. The zero-order valence-corrected chi connectivity index (χ0v) is 14.7. The zero-order chi connectivity index (χ0) is 18.4. The van der Waals surface area contributed by atoms with Gasteiger partial charge in [0.1, 0.15) is 0 Å². The van der Waals surface area contributed by atoms with Crippen LogP contribution in [0, 0.1) is 6.92 Å². The van der Waals surface area contributed by atoms with Gasteiger partial charge in [-0.15, -0.1) is 0 Å². The van der Waals surface area contributed by atoms with Crippen LogP contribution in [-0.2, 0) is 4.79 Å². The molecule has 2 rings (SSSR count). The molecule has 1 fully saturated rings. The average Bonchev–Trinajstić information content (AvgIpc) is 2.54. The van der Waals surface area contributed by atoms with E-state index in [9.17, 15) is 14.7 Å². The molecule has 25 heavy (non-hydrogen) atoms. The number of aliphatic carboxylic acids is 1. The van der Waals surface area contributed by atoms with Crippen LogP contribution in [-0.4, -0.2) is 58.8 Å². The molecular formula is C18H27N3O4. The summed E-state index contributed by atoms with van der Waals surface area (Å²) in [5.74, 6) is -0.832. The van der Waals surface area contributed by atoms with Crippen molar-refractivity contribution in [2.45, 2.75) is 44.9 Å². The lowest BCUT2D eigenvalue weighted by Crippen LogP contribution is -2.56. The highest BCUT2D eigenvalue weighted by atomic mass is 16.4. The minimum absolute atomic E-state index is 0.0306. The molecule has 0 spiro atoms. The first kappa shape index (κ1) is 19.2. The van der Waals surface area contributed by atoms with Crippen LogP contribution >= 0.6 is 0 Å². The number of nitrogens with zero attached hydrogens (tertiary/aromatic N) is 1. The van der Waals surface area contributed by atoms with Gasteiger partial charge in [-0.05, 0) is 31.9 Å². The van der Waals surface area contributed by atoms with Gasteiger partial charge in [0.25, 0.3) is 0 Å². The van der Waals surface area contributed by atoms with Crippen molar-refractivity contribution in [3.05, 3.63) is 35.4 Å². The monoisotopic (exact) mass is 349 g/mol. The lowest BCUT2D eigenvalue weighted by atomic mass is 9.85. The van der Waals surface area contributed by atoms with Crippen LogP contribution in [0.3, 0.4) is 0 Å². The van der Waals surface area contributed by atoms with E-state index in [4.69, 9.17) is 5.11 Å². The molecule has 1 aliphatic rings. The third-order valence-electron chi connectivity index (χ3n) is 4.63. The molecule has 0 saturated heterocycles. The Balaban J connectivity index is 1.68. The van der Waals surface area contributed by atoms with Crippen LogP contribution in [0.25, 0.3) is 0 Å². The summed E-state index contributed by atoms with van der Waals surface area (Å²) in [6, 6.07) is 7.47. The van der Waals surface area contributed by atoms with Crippen molar-refractivity contribution in [3.8, 4) is 0 Å². The molecule has 0 bridgehead atoms. The second kappa shape index (κ2) is 8.82. The maximum absolute atomic E-state index is 11.9. The van der Waals surface area contributed by atoms with Gasteiger partial charge in [0.15, 0.2) is 0 Å². The number of benzene rings is 1. The molecule has 2 amide bonds. The Morgan fingerprint density at radius 3 is 2.48 bits per heavy atom. The van der Waals surface area contributed by atoms with E-state index in [1.807, 2.05) is 43.0 Å². The van der Waals surface area contributed by atoms with Crippen LogP contribution in [0.4, 0.5) is 4.79 Å². The number of likely N-dealkylation sites (N-methyl/N-ethyl adjacent to an activating group) is 1. The van der Waals surface area contributed by atoms with Gasteiger partial charge in [0.05, 0.1) is 12.6 Å². The normalized spacial score (nSPS) is 20.6. The third kappa shape index (κ3) is 5.72. The molecule has 1 saturated carbocycles. The summed E-state index contributed by atoms with van der Waals surface area (Å²) in [7, 11) is 0. The summed E-state index contributed by atoms with van der Waals surface area (Å²) in [4.78, 5) is 24.6. The molecule has 1 aliphatic carbocycles. The van der Waals surface area contributed by atoms with E-state index in [0.29, 0.717) is 6.54 Å². The number of hydrogen-bond donors (Lipinski definition) is 4. The van der Waals surface area contributed by atoms with Crippen molar-refractivity contribution >= 4 is 12.0 Å². The van der Waals surface area contributed by atoms with Crippen LogP contribution in [0.5, 0.6) is 0 Å². The first-order chi connectivity index (χ1) is 11.9. The van der Waals surface area contributed by atoms with Crippen LogP contribution in [0.1, 0.15) is 37.0 Å². The summed E-state index contributed by atoms with van der Waals surface area (Å²) >= 11 is 0. The molecule has 1 aromatic carbocycles. The summed E-state index contributed by atoms with van der Waals surface area (Å²) in [6.07, 6.45) is 0.746. The van der Waals surface area contributed by atoms with Gasteiger partial charge in [-0.3, -0.25) is 9.69 Å². The molecular weight excluding hydrogens is 322 g/mol. The quantitative estimate of drug-likeness (QED) is 0.566. The number of nitrogens with one attached hydrogen (secondary N) is 2. The maximum Gasteiger partial charge on any atom is 0.317 e. The van der Waals surface area contributed by atoms with Crippen molar-refractivity contribution in [2.75, 3.05) is 19.6 Å². The van der Waals surface area contributed by atoms with Gasteiger partial charge in [-0.1, -0.05) is 36.8 Å². The molecule has 7 heteroatoms. The fourth-order valence-corrected chi connectivity index (χ4v) is 3.01. The number of carboxylic acid groups (broad SMARTS) is 1. The number of urea groups is 1. The van der Waals surface area contributed by atoms with Crippen molar-refractivity contribution in [1.29, 1.82) is 0 Å². The minimum Gasteiger partial charge on any atom is -0.480 e. The minimum atomic E-state index is -0.832. The maximum atomic E-state index is 11.9. The summed E-state index contributed by atoms with van der Waals surface area (Å²) in [5, 5.41) is 24.5. The van der Waals surface area contributed by atoms with Gasteiger partial charge in [-0.25, -0.2) is 4.79 Å². The molecule has 4 N–H and O–H groups in total. The van der Waals surface area contributed by atoms with E-state index in [0.717, 1.165) is 24.0 Å². The summed E-state index contributed by atoms with van der Waals surface area (Å²) in [5.41, 5.74) is 1.88. The Kier molecular flexibility index (Phi) is 6.78. The molecule has 0 unspecified atom stereocenters. The fraction of sp³-hybridized carbons (Fsp3) is 0.556. The Labute approximate surface area is 148 Å². The highest BCUT2D eigenvalue weighted by Crippen LogP contribution is 2.25. The first-order valence-corrected chi connectivity index (χ1v) is 8.63. The number of aliphatic hydroxyl groups is 1. The SMILES string of the molecule is CCN(CC(=O)O)C1CC(NC(=O)NC[C@H](O)c2ccc(C)cc2)C1. The van der Waals surface area contributed by atoms with Crippen LogP contribution in [0.2, 0.25) is 0 Å². The van der Waals surface area contributed by atoms with E-state index in [2.05, 4.69) is 10.6 Å². The second-order valence-corrected chi connectivity index (χ2v) is 6.56. The predicted octanol–water partition coefficient (Wildman–Crippen LogP) is 1.27. The molecule has 0 aliphatic heterocycles. The largest absolute Gasteiger partial charge is 0.480 e. The van der Waals surface area contributed by atoms with E-state index in [1.54, 1.807) is 0 Å². The number of aryl methyl sites for hydroxylation is 1. The standard InChI is InChI=1S/C18H27N3O4/c1-3-21(11-17(23)24)15-8-14(9-15)20-18(25)19-10-16(22)13-6-4-12(2)5-7-13/h4-7,14-16,22H,3,8-11H2,1-2H3,(H,23,24)(H2,19,20,25)/t14?,15?,16-/m0/s1. The molecule has 7 nitrogen and oxygen atoms in total. The van der Waals surface area contributed by atoms with Crippen LogP contribution in [0.15, 0.2) is 24.3 Å². The number of hydrogen-bond acceptors (Lipinski definition) is 4. The van der Waals surface area contributed by atoms with E-state index < -0.39 is 12.1 Å². The van der Waals surface area contributed by atoms with Gasteiger partial charge < -0.3 is 20.8 Å². The Morgan fingerprint density at radius 1 is 1.28 bits per heavy atom. The van der Waals surface area contributed by atoms with Crippen molar-refractivity contribution < 1.29 is 19.8 Å². The number of carbonyl (C=O) groups is 2. The third-order valence-corrected chi connectivity index (χ3v) is 4.63. The molecule has 1 aromatic rings. The average molecular weight is 349 g/mol. The Bertz CT molecular complexity index is 584. The lowest BCUT2D eigenvalue weighted by Gasteiger charge is -2.42. The molecule has 138 valence electrons. The van der Waals surface area contributed by atoms with Gasteiger partial charge in [-0.2, -0.15) is 0 Å². The lowest BCUT2D eigenvalue weighted by molar-refractivity contribution is -0.139. The number of rotatable bonds is 8. The van der Waals surface area contributed by atoms with Crippen LogP contribution < -0.4 is 10.6 Å². The number of amides is 2. The highest BCUT2D eigenvalue weighted by Gasteiger charge is 2.34. The number of carbonyl (C=O) groups excluding carboxylic acids is 1. The smallest absolute Gasteiger partial charge is 0.317 e. The number of carboxylic acids is 1. The molecule has 0 radical (unpaired) electrons. The Morgan fingerprint density at radius 2 is 1.92 bits per heavy atom. The summed E-state index contributed by atoms with van der Waals surface area (Å²) < 4.78 is 0. The molecule has 0 heterocycles. The number of aliphatic hydroxyl groups excluding tert-OH is 1. The zero-order valence-electron chi connectivity index (χ0n) is 14.7. The fourth-order valence-electron chi connectivity index (χ4n) is 3.01. The van der Waals surface area contributed by atoms with E-state index in [1.165, 1.54) is 0 Å². The predicted molar refractivity (Wildman–Crippen MR) is 94.4 cm³/mol. The van der Waals surface area contributed by atoms with Crippen molar-refractivity contribution in [2.24, 2.45) is 0 Å². The molecule has 0 aromatic heterocycles. The topological polar surface area (TPSA) is 102 Å². The van der Waals surface area contributed by atoms with Gasteiger partial charge in [0, 0.05) is 18.6 Å². The second-order valence-electron chi connectivity index (χ2n) is 6.56. The van der Waals surface area contributed by atoms with Crippen molar-refractivity contribution in [1.82, 2.24) is 15.5 Å². The van der Waals surface area contributed by atoms with E-state index in [-0.39, 0.29) is 31.2 Å². The molecule has 1 atom stereocenters. The highest BCUT2D eigenvalue weighted by molar-refractivity contribution is 5.74. The van der Waals surface area contributed by atoms with Gasteiger partial charge >= 0.3 is 12.0 Å². The van der Waals surface area contributed by atoms with Gasteiger partial charge in [0.2, 0.25) is 0 Å². The Hall–Kier alpha value is -2.12. The first-order valence-electron chi connectivity index (χ1n) is 8.63.